The summed E-state index contributed by atoms with van der Waals surface area (Å²) >= 11 is 0. The first kappa shape index (κ1) is 14.9. The Bertz CT molecular complexity index is 354. The van der Waals surface area contributed by atoms with Gasteiger partial charge in [-0.2, -0.15) is 13.2 Å². The maximum atomic E-state index is 11.8. The highest BCUT2D eigenvalue weighted by atomic mass is 19.4. The van der Waals surface area contributed by atoms with Gasteiger partial charge in [-0.15, -0.1) is 10.2 Å². The molecule has 18 heavy (non-hydrogen) atoms. The van der Waals surface area contributed by atoms with Crippen LogP contribution in [0.25, 0.3) is 0 Å². The monoisotopic (exact) mass is 267 g/mol. The van der Waals surface area contributed by atoms with Gasteiger partial charge in [0.25, 0.3) is 0 Å². The first-order valence-corrected chi connectivity index (χ1v) is 5.62. The third kappa shape index (κ3) is 5.46. The minimum atomic E-state index is -4.31. The van der Waals surface area contributed by atoms with E-state index < -0.39 is 12.8 Å². The van der Waals surface area contributed by atoms with Crippen LogP contribution in [0.5, 0.6) is 0 Å². The molecular weight excluding hydrogens is 251 g/mol. The van der Waals surface area contributed by atoms with Crippen LogP contribution in [-0.4, -0.2) is 36.1 Å². The third-order valence-electron chi connectivity index (χ3n) is 2.09. The highest BCUT2D eigenvalue weighted by Gasteiger charge is 2.27. The van der Waals surface area contributed by atoms with Crippen molar-refractivity contribution in [3.63, 3.8) is 0 Å². The summed E-state index contributed by atoms with van der Waals surface area (Å²) in [6.45, 7) is 3.20. The van der Waals surface area contributed by atoms with Crippen molar-refractivity contribution in [2.24, 2.45) is 0 Å². The molecule has 8 heteroatoms. The van der Waals surface area contributed by atoms with Crippen molar-refractivity contribution in [3.05, 3.63) is 11.8 Å². The van der Waals surface area contributed by atoms with Crippen LogP contribution in [0, 0.1) is 0 Å². The van der Waals surface area contributed by atoms with Crippen molar-refractivity contribution < 1.29 is 22.3 Å². The molecular formula is C10H16F3N3O2. The SMILES string of the molecule is CCNC(C)c1nnc(CCOCC(F)(F)F)o1. The van der Waals surface area contributed by atoms with E-state index in [9.17, 15) is 13.2 Å². The van der Waals surface area contributed by atoms with Crippen LogP contribution in [0.2, 0.25) is 0 Å². The minimum absolute atomic E-state index is 0.0765. The molecule has 1 atom stereocenters. The number of hydrogen-bond donors (Lipinski definition) is 1. The molecule has 1 aromatic rings. The molecule has 5 nitrogen and oxygen atoms in total. The van der Waals surface area contributed by atoms with Gasteiger partial charge in [0.1, 0.15) is 6.61 Å². The Hall–Kier alpha value is -1.15. The number of hydrogen-bond acceptors (Lipinski definition) is 5. The smallest absolute Gasteiger partial charge is 0.411 e. The number of nitrogens with one attached hydrogen (secondary N) is 1. The van der Waals surface area contributed by atoms with Gasteiger partial charge in [0, 0.05) is 6.42 Å². The van der Waals surface area contributed by atoms with Crippen LogP contribution in [0.4, 0.5) is 13.2 Å². The summed E-state index contributed by atoms with van der Waals surface area (Å²) in [5, 5.41) is 10.6. The van der Waals surface area contributed by atoms with Crippen LogP contribution in [0.15, 0.2) is 4.42 Å². The molecule has 1 N–H and O–H groups in total. The Balaban J connectivity index is 2.31. The fourth-order valence-electron chi connectivity index (χ4n) is 1.28. The summed E-state index contributed by atoms with van der Waals surface area (Å²) in [6.07, 6.45) is -4.14. The lowest BCUT2D eigenvalue weighted by atomic mass is 10.3. The van der Waals surface area contributed by atoms with E-state index in [1.165, 1.54) is 0 Å². The second kappa shape index (κ2) is 6.69. The van der Waals surface area contributed by atoms with Gasteiger partial charge in [-0.3, -0.25) is 0 Å². The zero-order valence-corrected chi connectivity index (χ0v) is 10.3. The van der Waals surface area contributed by atoms with Gasteiger partial charge in [-0.25, -0.2) is 0 Å². The highest BCUT2D eigenvalue weighted by Crippen LogP contribution is 2.15. The number of halogens is 3. The maximum absolute atomic E-state index is 11.8. The molecule has 0 aliphatic carbocycles. The summed E-state index contributed by atoms with van der Waals surface area (Å²) in [7, 11) is 0. The lowest BCUT2D eigenvalue weighted by Crippen LogP contribution is -2.18. The molecule has 0 saturated carbocycles. The van der Waals surface area contributed by atoms with Gasteiger partial charge < -0.3 is 14.5 Å². The predicted molar refractivity (Wildman–Crippen MR) is 57.0 cm³/mol. The molecule has 0 spiro atoms. The van der Waals surface area contributed by atoms with Crippen molar-refractivity contribution in [1.82, 2.24) is 15.5 Å². The summed E-state index contributed by atoms with van der Waals surface area (Å²) in [5.74, 6) is 0.694. The number of rotatable bonds is 7. The number of alkyl halides is 3. The summed E-state index contributed by atoms with van der Waals surface area (Å²) in [5.41, 5.74) is 0. The van der Waals surface area contributed by atoms with Gasteiger partial charge in [-0.05, 0) is 13.5 Å². The third-order valence-corrected chi connectivity index (χ3v) is 2.09. The van der Waals surface area contributed by atoms with Crippen LogP contribution >= 0.6 is 0 Å². The Labute approximate surface area is 103 Å². The zero-order chi connectivity index (χ0) is 13.6. The van der Waals surface area contributed by atoms with Gasteiger partial charge in [0.15, 0.2) is 0 Å². The van der Waals surface area contributed by atoms with Gasteiger partial charge in [0.05, 0.1) is 12.6 Å². The lowest BCUT2D eigenvalue weighted by molar-refractivity contribution is -0.173. The van der Waals surface area contributed by atoms with Crippen molar-refractivity contribution in [2.45, 2.75) is 32.5 Å². The average Bonchev–Trinajstić information content (AvgIpc) is 2.72. The van der Waals surface area contributed by atoms with Crippen molar-refractivity contribution in [2.75, 3.05) is 19.8 Å². The van der Waals surface area contributed by atoms with E-state index in [4.69, 9.17) is 4.42 Å². The minimum Gasteiger partial charge on any atom is -0.423 e. The number of nitrogens with zero attached hydrogens (tertiary/aromatic N) is 2. The molecule has 0 aromatic carbocycles. The molecule has 1 rings (SSSR count). The zero-order valence-electron chi connectivity index (χ0n) is 10.3. The maximum Gasteiger partial charge on any atom is 0.411 e. The van der Waals surface area contributed by atoms with Crippen LogP contribution in [-0.2, 0) is 11.2 Å². The largest absolute Gasteiger partial charge is 0.423 e. The average molecular weight is 267 g/mol. The lowest BCUT2D eigenvalue weighted by Gasteiger charge is -2.06. The number of ether oxygens (including phenoxy) is 1. The summed E-state index contributed by atoms with van der Waals surface area (Å²) < 4.78 is 45.1. The Morgan fingerprint density at radius 3 is 2.72 bits per heavy atom. The first-order valence-electron chi connectivity index (χ1n) is 5.62. The van der Waals surface area contributed by atoms with Crippen LogP contribution < -0.4 is 5.32 Å². The van der Waals surface area contributed by atoms with Crippen molar-refractivity contribution in [3.8, 4) is 0 Å². The molecule has 0 fully saturated rings. The van der Waals surface area contributed by atoms with Crippen molar-refractivity contribution >= 4 is 0 Å². The topological polar surface area (TPSA) is 60.2 Å². The molecule has 0 radical (unpaired) electrons. The second-order valence-electron chi connectivity index (χ2n) is 3.73. The molecule has 1 aromatic heterocycles. The highest BCUT2D eigenvalue weighted by molar-refractivity contribution is 4.88. The molecule has 1 heterocycles. The molecule has 0 aliphatic heterocycles. The predicted octanol–water partition coefficient (Wildman–Crippen LogP) is 1.86. The fourth-order valence-corrected chi connectivity index (χ4v) is 1.28. The Kier molecular flexibility index (Phi) is 5.54. The molecule has 0 aliphatic rings. The van der Waals surface area contributed by atoms with E-state index in [2.05, 4.69) is 20.3 Å². The van der Waals surface area contributed by atoms with E-state index >= 15 is 0 Å². The summed E-state index contributed by atoms with van der Waals surface area (Å²) in [6, 6.07) is -0.0765. The van der Waals surface area contributed by atoms with Crippen LogP contribution in [0.1, 0.15) is 31.7 Å². The molecule has 104 valence electrons. The standard InChI is InChI=1S/C10H16F3N3O2/c1-3-14-7(2)9-16-15-8(18-9)4-5-17-6-10(11,12)13/h7,14H,3-6H2,1-2H3. The Morgan fingerprint density at radius 2 is 2.11 bits per heavy atom. The number of aromatic nitrogens is 2. The van der Waals surface area contributed by atoms with E-state index in [1.807, 2.05) is 13.8 Å². The molecule has 0 amide bonds. The molecule has 1 unspecified atom stereocenters. The van der Waals surface area contributed by atoms with Gasteiger partial charge >= 0.3 is 6.18 Å². The summed E-state index contributed by atoms with van der Waals surface area (Å²) in [4.78, 5) is 0. The molecule has 0 bridgehead atoms. The van der Waals surface area contributed by atoms with E-state index in [0.29, 0.717) is 5.89 Å². The normalized spacial score (nSPS) is 13.8. The van der Waals surface area contributed by atoms with Crippen LogP contribution in [0.3, 0.4) is 0 Å². The van der Waals surface area contributed by atoms with E-state index in [-0.39, 0.29) is 25.0 Å². The van der Waals surface area contributed by atoms with Crippen molar-refractivity contribution in [1.29, 1.82) is 0 Å². The van der Waals surface area contributed by atoms with E-state index in [1.54, 1.807) is 0 Å². The van der Waals surface area contributed by atoms with Gasteiger partial charge in [0.2, 0.25) is 11.8 Å². The second-order valence-corrected chi connectivity index (χ2v) is 3.73. The Morgan fingerprint density at radius 1 is 1.39 bits per heavy atom. The van der Waals surface area contributed by atoms with E-state index in [0.717, 1.165) is 6.54 Å². The molecule has 0 saturated heterocycles. The fraction of sp³-hybridized carbons (Fsp3) is 0.800. The van der Waals surface area contributed by atoms with Gasteiger partial charge in [-0.1, -0.05) is 6.92 Å². The quantitative estimate of drug-likeness (QED) is 0.764. The first-order chi connectivity index (χ1) is 8.42.